The molecule has 0 radical (unpaired) electrons. The standard InChI is InChI=1S/C13H8Cl2FNO3/c14-7-9-10(15)2-1-3-12(9)20-13-5-4-8(17(18)19)6-11(13)16/h1-6H,7H2. The zero-order valence-electron chi connectivity index (χ0n) is 9.98. The van der Waals surface area contributed by atoms with E-state index in [1.54, 1.807) is 18.2 Å². The normalized spacial score (nSPS) is 10.3. The van der Waals surface area contributed by atoms with Crippen molar-refractivity contribution < 1.29 is 14.1 Å². The molecule has 0 unspecified atom stereocenters. The number of non-ortho nitro benzene ring substituents is 1. The molecule has 0 atom stereocenters. The molecule has 0 heterocycles. The van der Waals surface area contributed by atoms with Crippen molar-refractivity contribution in [2.75, 3.05) is 0 Å². The van der Waals surface area contributed by atoms with Gasteiger partial charge in [0.1, 0.15) is 5.75 Å². The maximum absolute atomic E-state index is 13.7. The molecule has 0 bridgehead atoms. The van der Waals surface area contributed by atoms with E-state index in [9.17, 15) is 14.5 Å². The Morgan fingerprint density at radius 1 is 1.25 bits per heavy atom. The second-order valence-corrected chi connectivity index (χ2v) is 4.50. The fraction of sp³-hybridized carbons (Fsp3) is 0.0769. The first-order valence-corrected chi connectivity index (χ1v) is 6.39. The van der Waals surface area contributed by atoms with Gasteiger partial charge in [-0.25, -0.2) is 4.39 Å². The van der Waals surface area contributed by atoms with E-state index < -0.39 is 10.7 Å². The summed E-state index contributed by atoms with van der Waals surface area (Å²) in [6, 6.07) is 8.00. The molecule has 104 valence electrons. The number of nitro benzene ring substituents is 1. The molecular weight excluding hydrogens is 308 g/mol. The number of rotatable bonds is 4. The van der Waals surface area contributed by atoms with Crippen LogP contribution in [0.3, 0.4) is 0 Å². The van der Waals surface area contributed by atoms with Gasteiger partial charge in [-0.2, -0.15) is 0 Å². The van der Waals surface area contributed by atoms with Crippen molar-refractivity contribution in [1.29, 1.82) is 0 Å². The van der Waals surface area contributed by atoms with Gasteiger partial charge in [-0.1, -0.05) is 17.7 Å². The lowest BCUT2D eigenvalue weighted by Crippen LogP contribution is -1.95. The van der Waals surface area contributed by atoms with Crippen LogP contribution in [0.4, 0.5) is 10.1 Å². The summed E-state index contributed by atoms with van der Waals surface area (Å²) < 4.78 is 19.1. The maximum Gasteiger partial charge on any atom is 0.272 e. The lowest BCUT2D eigenvalue weighted by atomic mass is 10.2. The van der Waals surface area contributed by atoms with Gasteiger partial charge in [-0.15, -0.1) is 11.6 Å². The summed E-state index contributed by atoms with van der Waals surface area (Å²) in [6.45, 7) is 0. The van der Waals surface area contributed by atoms with Crippen LogP contribution in [-0.4, -0.2) is 4.92 Å². The van der Waals surface area contributed by atoms with Crippen LogP contribution in [0.15, 0.2) is 36.4 Å². The molecule has 0 aromatic heterocycles. The van der Waals surface area contributed by atoms with Crippen LogP contribution in [0.2, 0.25) is 5.02 Å². The van der Waals surface area contributed by atoms with Crippen molar-refractivity contribution in [2.24, 2.45) is 0 Å². The summed E-state index contributed by atoms with van der Waals surface area (Å²) in [7, 11) is 0. The Labute approximate surface area is 123 Å². The zero-order valence-corrected chi connectivity index (χ0v) is 11.5. The Morgan fingerprint density at radius 3 is 2.60 bits per heavy atom. The first-order chi connectivity index (χ1) is 9.52. The third kappa shape index (κ3) is 3.00. The van der Waals surface area contributed by atoms with Gasteiger partial charge in [0.25, 0.3) is 5.69 Å². The van der Waals surface area contributed by atoms with Crippen molar-refractivity contribution in [3.8, 4) is 11.5 Å². The molecule has 0 fully saturated rings. The van der Waals surface area contributed by atoms with E-state index in [2.05, 4.69) is 0 Å². The Morgan fingerprint density at radius 2 is 2.00 bits per heavy atom. The summed E-state index contributed by atoms with van der Waals surface area (Å²) in [5.41, 5.74) is 0.173. The minimum Gasteiger partial charge on any atom is -0.454 e. The largest absolute Gasteiger partial charge is 0.454 e. The molecule has 0 amide bonds. The highest BCUT2D eigenvalue weighted by Gasteiger charge is 2.14. The average molecular weight is 316 g/mol. The number of nitro groups is 1. The summed E-state index contributed by atoms with van der Waals surface area (Å²) in [5, 5.41) is 10.9. The number of halogens is 3. The highest BCUT2D eigenvalue weighted by molar-refractivity contribution is 6.32. The molecule has 7 heteroatoms. The molecule has 4 nitrogen and oxygen atoms in total. The van der Waals surface area contributed by atoms with E-state index in [1.165, 1.54) is 6.07 Å². The van der Waals surface area contributed by atoms with Crippen LogP contribution in [0.25, 0.3) is 0 Å². The summed E-state index contributed by atoms with van der Waals surface area (Å²) in [4.78, 5) is 9.85. The van der Waals surface area contributed by atoms with Crippen LogP contribution in [0, 0.1) is 15.9 Å². The van der Waals surface area contributed by atoms with Crippen molar-refractivity contribution in [3.63, 3.8) is 0 Å². The lowest BCUT2D eigenvalue weighted by Gasteiger charge is -2.11. The zero-order chi connectivity index (χ0) is 14.7. The molecule has 0 aliphatic heterocycles. The second-order valence-electron chi connectivity index (χ2n) is 3.82. The first kappa shape index (κ1) is 14.6. The maximum atomic E-state index is 13.7. The predicted molar refractivity (Wildman–Crippen MR) is 74.1 cm³/mol. The smallest absolute Gasteiger partial charge is 0.272 e. The summed E-state index contributed by atoms with van der Waals surface area (Å²) in [5.74, 6) is -0.562. The highest BCUT2D eigenvalue weighted by Crippen LogP contribution is 2.33. The molecule has 0 aliphatic rings. The molecule has 2 aromatic rings. The Hall–Kier alpha value is -1.85. The van der Waals surface area contributed by atoms with E-state index in [-0.39, 0.29) is 17.3 Å². The number of benzene rings is 2. The van der Waals surface area contributed by atoms with Gasteiger partial charge in [-0.05, 0) is 18.2 Å². The molecule has 0 N–H and O–H groups in total. The third-order valence-electron chi connectivity index (χ3n) is 2.56. The third-order valence-corrected chi connectivity index (χ3v) is 3.18. The number of alkyl halides is 1. The van der Waals surface area contributed by atoms with Gasteiger partial charge in [0, 0.05) is 16.7 Å². The average Bonchev–Trinajstić information content (AvgIpc) is 2.41. The molecule has 2 rings (SSSR count). The van der Waals surface area contributed by atoms with Crippen LogP contribution >= 0.6 is 23.2 Å². The van der Waals surface area contributed by atoms with Crippen molar-refractivity contribution in [1.82, 2.24) is 0 Å². The molecule has 0 spiro atoms. The van der Waals surface area contributed by atoms with E-state index in [1.807, 2.05) is 0 Å². The molecule has 2 aromatic carbocycles. The van der Waals surface area contributed by atoms with Crippen LogP contribution in [-0.2, 0) is 5.88 Å². The van der Waals surface area contributed by atoms with Crippen molar-refractivity contribution in [3.05, 3.63) is 62.9 Å². The minimum atomic E-state index is -0.834. The number of ether oxygens (including phenoxy) is 1. The van der Waals surface area contributed by atoms with Crippen molar-refractivity contribution in [2.45, 2.75) is 5.88 Å². The van der Waals surface area contributed by atoms with E-state index in [0.717, 1.165) is 12.1 Å². The Bertz CT molecular complexity index is 664. The van der Waals surface area contributed by atoms with Gasteiger partial charge in [0.05, 0.1) is 16.9 Å². The van der Waals surface area contributed by atoms with Gasteiger partial charge in [0.2, 0.25) is 0 Å². The summed E-state index contributed by atoms with van der Waals surface area (Å²) in [6.07, 6.45) is 0. The van der Waals surface area contributed by atoms with Crippen LogP contribution < -0.4 is 4.74 Å². The van der Waals surface area contributed by atoms with Gasteiger partial charge < -0.3 is 4.74 Å². The monoisotopic (exact) mass is 315 g/mol. The molecule has 0 saturated heterocycles. The van der Waals surface area contributed by atoms with Crippen LogP contribution in [0.5, 0.6) is 11.5 Å². The van der Waals surface area contributed by atoms with E-state index >= 15 is 0 Å². The number of nitrogens with zero attached hydrogens (tertiary/aromatic N) is 1. The second kappa shape index (κ2) is 6.07. The van der Waals surface area contributed by atoms with Gasteiger partial charge >= 0.3 is 0 Å². The molecule has 20 heavy (non-hydrogen) atoms. The number of hydrogen-bond donors (Lipinski definition) is 0. The van der Waals surface area contributed by atoms with Crippen LogP contribution in [0.1, 0.15) is 5.56 Å². The molecular formula is C13H8Cl2FNO3. The van der Waals surface area contributed by atoms with Gasteiger partial charge in [0.15, 0.2) is 11.6 Å². The summed E-state index contributed by atoms with van der Waals surface area (Å²) >= 11 is 11.7. The molecule has 0 saturated carbocycles. The fourth-order valence-corrected chi connectivity index (χ4v) is 2.15. The quantitative estimate of drug-likeness (QED) is 0.457. The topological polar surface area (TPSA) is 52.4 Å². The van der Waals surface area contributed by atoms with E-state index in [0.29, 0.717) is 16.3 Å². The number of hydrogen-bond acceptors (Lipinski definition) is 3. The SMILES string of the molecule is O=[N+]([O-])c1ccc(Oc2cccc(Cl)c2CCl)c(F)c1. The molecule has 0 aliphatic carbocycles. The predicted octanol–water partition coefficient (Wildman–Crippen LogP) is 4.92. The first-order valence-electron chi connectivity index (χ1n) is 5.48. The highest BCUT2D eigenvalue weighted by atomic mass is 35.5. The minimum absolute atomic E-state index is 0.101. The fourth-order valence-electron chi connectivity index (χ4n) is 1.57. The lowest BCUT2D eigenvalue weighted by molar-refractivity contribution is -0.385. The van der Waals surface area contributed by atoms with Crippen molar-refractivity contribution >= 4 is 28.9 Å². The Balaban J connectivity index is 2.36. The van der Waals surface area contributed by atoms with Gasteiger partial charge in [-0.3, -0.25) is 10.1 Å². The Kier molecular flexibility index (Phi) is 4.42. The van der Waals surface area contributed by atoms with E-state index in [4.69, 9.17) is 27.9 Å².